The fourth-order valence-electron chi connectivity index (χ4n) is 2.35. The van der Waals surface area contributed by atoms with Gasteiger partial charge in [0.2, 0.25) is 11.8 Å². The molecule has 9 nitrogen and oxygen atoms in total. The van der Waals surface area contributed by atoms with Crippen molar-refractivity contribution >= 4 is 50.7 Å². The van der Waals surface area contributed by atoms with Gasteiger partial charge in [-0.25, -0.2) is 13.1 Å². The molecule has 0 saturated heterocycles. The molecule has 2 aromatic carbocycles. The summed E-state index contributed by atoms with van der Waals surface area (Å²) in [6.45, 7) is 2.40. The number of hydrogen-bond donors (Lipinski definition) is 3. The maximum atomic E-state index is 12.6. The van der Waals surface area contributed by atoms with E-state index in [4.69, 9.17) is 16.3 Å². The molecular formula is C18H18ClN3O6S. The number of rotatable bonds is 6. The molecule has 0 heterocycles. The van der Waals surface area contributed by atoms with Gasteiger partial charge in [0.25, 0.3) is 15.9 Å². The molecule has 0 saturated carbocycles. The van der Waals surface area contributed by atoms with Crippen LogP contribution in [0.25, 0.3) is 0 Å². The monoisotopic (exact) mass is 439 g/mol. The molecule has 0 aliphatic carbocycles. The van der Waals surface area contributed by atoms with Crippen LogP contribution >= 0.6 is 11.6 Å². The third-order valence-electron chi connectivity index (χ3n) is 3.55. The molecule has 0 aliphatic rings. The Bertz CT molecular complexity index is 1070. The van der Waals surface area contributed by atoms with Crippen LogP contribution in [0, 0.1) is 0 Å². The Morgan fingerprint density at radius 3 is 2.10 bits per heavy atom. The van der Waals surface area contributed by atoms with Crippen LogP contribution in [0.3, 0.4) is 0 Å². The Hall–Kier alpha value is -3.11. The van der Waals surface area contributed by atoms with E-state index >= 15 is 0 Å². The highest BCUT2D eigenvalue weighted by atomic mass is 35.5. The van der Waals surface area contributed by atoms with Crippen molar-refractivity contribution in [2.75, 3.05) is 17.7 Å². The fourth-order valence-corrected chi connectivity index (χ4v) is 3.55. The van der Waals surface area contributed by atoms with Crippen LogP contribution in [0.5, 0.6) is 5.75 Å². The zero-order valence-corrected chi connectivity index (χ0v) is 17.3. The highest BCUT2D eigenvalue weighted by Gasteiger charge is 2.18. The van der Waals surface area contributed by atoms with E-state index in [1.165, 1.54) is 50.4 Å². The van der Waals surface area contributed by atoms with Gasteiger partial charge in [-0.3, -0.25) is 14.4 Å². The van der Waals surface area contributed by atoms with Crippen LogP contribution in [0.15, 0.2) is 41.3 Å². The average molecular weight is 440 g/mol. The topological polar surface area (TPSA) is 131 Å². The van der Waals surface area contributed by atoms with Crippen molar-refractivity contribution in [2.24, 2.45) is 0 Å². The number of ether oxygens (including phenoxy) is 1. The van der Waals surface area contributed by atoms with Gasteiger partial charge in [0, 0.05) is 25.6 Å². The summed E-state index contributed by atoms with van der Waals surface area (Å²) in [5, 5.41) is 5.26. The summed E-state index contributed by atoms with van der Waals surface area (Å²) in [6, 6.07) is 7.98. The number of sulfonamides is 1. The molecular weight excluding hydrogens is 422 g/mol. The molecule has 0 unspecified atom stereocenters. The van der Waals surface area contributed by atoms with Crippen LogP contribution in [0.4, 0.5) is 11.4 Å². The largest absolute Gasteiger partial charge is 0.496 e. The Morgan fingerprint density at radius 1 is 0.966 bits per heavy atom. The molecule has 2 rings (SSSR count). The van der Waals surface area contributed by atoms with Crippen molar-refractivity contribution in [1.29, 1.82) is 0 Å². The summed E-state index contributed by atoms with van der Waals surface area (Å²) in [4.78, 5) is 34.7. The van der Waals surface area contributed by atoms with E-state index < -0.39 is 21.8 Å². The van der Waals surface area contributed by atoms with Crippen LogP contribution in [0.2, 0.25) is 5.02 Å². The minimum absolute atomic E-state index is 0.113. The number of nitrogens with one attached hydrogen (secondary N) is 3. The predicted octanol–water partition coefficient (Wildman–Crippen LogP) is 2.38. The van der Waals surface area contributed by atoms with Gasteiger partial charge < -0.3 is 15.4 Å². The number of carbonyl (C=O) groups excluding carboxylic acids is 3. The van der Waals surface area contributed by atoms with Gasteiger partial charge in [-0.2, -0.15) is 0 Å². The second-order valence-corrected chi connectivity index (χ2v) is 7.94. The van der Waals surface area contributed by atoms with Crippen molar-refractivity contribution in [2.45, 2.75) is 18.7 Å². The van der Waals surface area contributed by atoms with E-state index in [0.717, 1.165) is 6.92 Å². The first-order valence-corrected chi connectivity index (χ1v) is 9.99. The molecule has 0 fully saturated rings. The molecule has 0 radical (unpaired) electrons. The number of methoxy groups -OCH3 is 1. The predicted molar refractivity (Wildman–Crippen MR) is 108 cm³/mol. The summed E-state index contributed by atoms with van der Waals surface area (Å²) in [6.07, 6.45) is 0. The second kappa shape index (κ2) is 8.93. The molecule has 0 atom stereocenters. The molecule has 154 valence electrons. The molecule has 0 bridgehead atoms. The quantitative estimate of drug-likeness (QED) is 0.633. The van der Waals surface area contributed by atoms with Crippen molar-refractivity contribution in [3.8, 4) is 5.75 Å². The van der Waals surface area contributed by atoms with Gasteiger partial charge in [0.15, 0.2) is 0 Å². The number of amides is 3. The lowest BCUT2D eigenvalue weighted by Gasteiger charge is -2.13. The lowest BCUT2D eigenvalue weighted by atomic mass is 10.1. The fraction of sp³-hybridized carbons (Fsp3) is 0.167. The van der Waals surface area contributed by atoms with E-state index in [1.54, 1.807) is 0 Å². The van der Waals surface area contributed by atoms with Gasteiger partial charge in [-0.1, -0.05) is 11.6 Å². The summed E-state index contributed by atoms with van der Waals surface area (Å²) in [5.74, 6) is -1.43. The van der Waals surface area contributed by atoms with Gasteiger partial charge in [-0.15, -0.1) is 0 Å². The number of hydrogen-bond acceptors (Lipinski definition) is 6. The van der Waals surface area contributed by atoms with E-state index in [2.05, 4.69) is 10.6 Å². The van der Waals surface area contributed by atoms with Crippen LogP contribution in [-0.4, -0.2) is 33.2 Å². The molecule has 2 aromatic rings. The molecule has 0 aliphatic heterocycles. The minimum Gasteiger partial charge on any atom is -0.496 e. The minimum atomic E-state index is -3.97. The van der Waals surface area contributed by atoms with Gasteiger partial charge in [-0.05, 0) is 30.3 Å². The summed E-state index contributed by atoms with van der Waals surface area (Å²) >= 11 is 6.11. The summed E-state index contributed by atoms with van der Waals surface area (Å²) in [5.41, 5.74) is 0.711. The summed E-state index contributed by atoms with van der Waals surface area (Å²) < 4.78 is 30.9. The smallest absolute Gasteiger partial charge is 0.264 e. The third kappa shape index (κ3) is 5.69. The number of benzene rings is 2. The first-order valence-electron chi connectivity index (χ1n) is 8.13. The Kier molecular flexibility index (Phi) is 6.83. The summed E-state index contributed by atoms with van der Waals surface area (Å²) in [7, 11) is -2.61. The highest BCUT2D eigenvalue weighted by molar-refractivity contribution is 7.90. The lowest BCUT2D eigenvalue weighted by molar-refractivity contribution is -0.117. The van der Waals surface area contributed by atoms with E-state index in [-0.39, 0.29) is 27.1 Å². The SMILES string of the molecule is COc1cc(NC(C)=O)c(Cl)cc1C(=O)Nc1ccc(S(=O)(=O)NC(C)=O)cc1. The zero-order valence-electron chi connectivity index (χ0n) is 15.7. The van der Waals surface area contributed by atoms with Crippen LogP contribution in [-0.2, 0) is 19.6 Å². The number of anilines is 2. The van der Waals surface area contributed by atoms with E-state index in [0.29, 0.717) is 11.4 Å². The Labute approximate surface area is 172 Å². The Balaban J connectivity index is 2.25. The molecule has 0 aromatic heterocycles. The van der Waals surface area contributed by atoms with E-state index in [9.17, 15) is 22.8 Å². The normalized spacial score (nSPS) is 10.8. The van der Waals surface area contributed by atoms with Crippen molar-refractivity contribution < 1.29 is 27.5 Å². The molecule has 3 amide bonds. The Morgan fingerprint density at radius 2 is 1.59 bits per heavy atom. The standard InChI is InChI=1S/C18H18ClN3O6S/c1-10(23)20-16-9-17(28-3)14(8-15(16)19)18(25)21-12-4-6-13(7-5-12)29(26,27)22-11(2)24/h4-9H,1-3H3,(H,20,23)(H,21,25)(H,22,24). The van der Waals surface area contributed by atoms with Gasteiger partial charge in [0.05, 0.1) is 28.3 Å². The first kappa shape index (κ1) is 22.2. The first-order chi connectivity index (χ1) is 13.5. The second-order valence-electron chi connectivity index (χ2n) is 5.85. The van der Waals surface area contributed by atoms with Crippen molar-refractivity contribution in [1.82, 2.24) is 4.72 Å². The molecule has 29 heavy (non-hydrogen) atoms. The van der Waals surface area contributed by atoms with Crippen molar-refractivity contribution in [3.05, 3.63) is 47.0 Å². The number of halogens is 1. The van der Waals surface area contributed by atoms with Crippen LogP contribution in [0.1, 0.15) is 24.2 Å². The number of carbonyl (C=O) groups is 3. The molecule has 11 heteroatoms. The van der Waals surface area contributed by atoms with E-state index in [1.807, 2.05) is 4.72 Å². The van der Waals surface area contributed by atoms with Gasteiger partial charge >= 0.3 is 0 Å². The maximum absolute atomic E-state index is 12.6. The van der Waals surface area contributed by atoms with Gasteiger partial charge in [0.1, 0.15) is 5.75 Å². The maximum Gasteiger partial charge on any atom is 0.264 e. The molecule has 0 spiro atoms. The average Bonchev–Trinajstić information content (AvgIpc) is 2.62. The van der Waals surface area contributed by atoms with Crippen LogP contribution < -0.4 is 20.1 Å². The highest BCUT2D eigenvalue weighted by Crippen LogP contribution is 2.31. The zero-order chi connectivity index (χ0) is 21.8. The molecule has 3 N–H and O–H groups in total. The lowest BCUT2D eigenvalue weighted by Crippen LogP contribution is -2.28. The third-order valence-corrected chi connectivity index (χ3v) is 5.31. The van der Waals surface area contributed by atoms with Crippen molar-refractivity contribution in [3.63, 3.8) is 0 Å².